The molecular formula is C15H13BrO2. The first-order chi connectivity index (χ1) is 8.77. The van der Waals surface area contributed by atoms with Gasteiger partial charge in [-0.05, 0) is 6.07 Å². The van der Waals surface area contributed by atoms with Crippen molar-refractivity contribution in [3.63, 3.8) is 0 Å². The standard InChI is InChI=1S/C15H13BrO2/c1-18-15-12(10-16)8-5-9-13(15)14(17)11-6-3-2-4-7-11/h2-9H,10H2,1H3. The van der Waals surface area contributed by atoms with Gasteiger partial charge in [-0.2, -0.15) is 0 Å². The molecule has 92 valence electrons. The number of hydrogen-bond acceptors (Lipinski definition) is 2. The average Bonchev–Trinajstić information content (AvgIpc) is 2.46. The van der Waals surface area contributed by atoms with Gasteiger partial charge in [0.25, 0.3) is 0 Å². The van der Waals surface area contributed by atoms with Crippen LogP contribution in [-0.2, 0) is 5.33 Å². The Morgan fingerprint density at radius 1 is 1.11 bits per heavy atom. The monoisotopic (exact) mass is 304 g/mol. The Balaban J connectivity index is 2.48. The summed E-state index contributed by atoms with van der Waals surface area (Å²) in [7, 11) is 1.59. The van der Waals surface area contributed by atoms with Crippen molar-refractivity contribution in [1.82, 2.24) is 0 Å². The molecule has 3 heteroatoms. The summed E-state index contributed by atoms with van der Waals surface area (Å²) in [5, 5.41) is 0.659. The molecule has 0 unspecified atom stereocenters. The summed E-state index contributed by atoms with van der Waals surface area (Å²) in [4.78, 5) is 12.4. The van der Waals surface area contributed by atoms with Crippen LogP contribution in [0.2, 0.25) is 0 Å². The zero-order valence-corrected chi connectivity index (χ0v) is 11.6. The van der Waals surface area contributed by atoms with Crippen molar-refractivity contribution in [3.05, 3.63) is 65.2 Å². The number of ketones is 1. The SMILES string of the molecule is COc1c(CBr)cccc1C(=O)c1ccccc1. The first-order valence-corrected chi connectivity index (χ1v) is 6.71. The van der Waals surface area contributed by atoms with Crippen LogP contribution in [0.25, 0.3) is 0 Å². The highest BCUT2D eigenvalue weighted by atomic mass is 79.9. The minimum absolute atomic E-state index is 0.0183. The number of ether oxygens (including phenoxy) is 1. The Bertz CT molecular complexity index is 550. The summed E-state index contributed by atoms with van der Waals surface area (Å²) < 4.78 is 5.36. The lowest BCUT2D eigenvalue weighted by atomic mass is 10.0. The molecule has 0 saturated heterocycles. The van der Waals surface area contributed by atoms with Gasteiger partial charge in [0.1, 0.15) is 5.75 Å². The molecule has 0 N–H and O–H groups in total. The third-order valence-electron chi connectivity index (χ3n) is 2.73. The summed E-state index contributed by atoms with van der Waals surface area (Å²) in [6.07, 6.45) is 0. The number of para-hydroxylation sites is 1. The number of rotatable bonds is 4. The fourth-order valence-corrected chi connectivity index (χ4v) is 2.30. The van der Waals surface area contributed by atoms with E-state index in [9.17, 15) is 4.79 Å². The fraction of sp³-hybridized carbons (Fsp3) is 0.133. The van der Waals surface area contributed by atoms with Gasteiger partial charge < -0.3 is 4.74 Å². The van der Waals surface area contributed by atoms with E-state index in [1.165, 1.54) is 0 Å². The van der Waals surface area contributed by atoms with Crippen LogP contribution >= 0.6 is 15.9 Å². The van der Waals surface area contributed by atoms with Crippen LogP contribution in [0, 0.1) is 0 Å². The number of methoxy groups -OCH3 is 1. The van der Waals surface area contributed by atoms with Crippen molar-refractivity contribution < 1.29 is 9.53 Å². The average molecular weight is 305 g/mol. The molecule has 2 nitrogen and oxygen atoms in total. The second-order valence-electron chi connectivity index (χ2n) is 3.83. The highest BCUT2D eigenvalue weighted by Gasteiger charge is 2.16. The van der Waals surface area contributed by atoms with E-state index in [-0.39, 0.29) is 5.78 Å². The predicted octanol–water partition coefficient (Wildman–Crippen LogP) is 3.82. The smallest absolute Gasteiger partial charge is 0.196 e. The Morgan fingerprint density at radius 2 is 1.83 bits per heavy atom. The normalized spacial score (nSPS) is 10.1. The maximum absolute atomic E-state index is 12.4. The number of carbonyl (C=O) groups excluding carboxylic acids is 1. The van der Waals surface area contributed by atoms with Crippen molar-refractivity contribution in [3.8, 4) is 5.75 Å². The summed E-state index contributed by atoms with van der Waals surface area (Å²) in [5.41, 5.74) is 2.24. The molecule has 0 amide bonds. The number of alkyl halides is 1. The van der Waals surface area contributed by atoms with Gasteiger partial charge in [-0.25, -0.2) is 0 Å². The van der Waals surface area contributed by atoms with E-state index in [1.54, 1.807) is 13.2 Å². The van der Waals surface area contributed by atoms with Gasteiger partial charge in [0.2, 0.25) is 0 Å². The summed E-state index contributed by atoms with van der Waals surface area (Å²) in [6.45, 7) is 0. The van der Waals surface area contributed by atoms with Crippen LogP contribution in [-0.4, -0.2) is 12.9 Å². The van der Waals surface area contributed by atoms with Crippen molar-refractivity contribution in [2.24, 2.45) is 0 Å². The van der Waals surface area contributed by atoms with Crippen molar-refractivity contribution >= 4 is 21.7 Å². The highest BCUT2D eigenvalue weighted by molar-refractivity contribution is 9.08. The summed E-state index contributed by atoms with van der Waals surface area (Å²) >= 11 is 3.40. The van der Waals surface area contributed by atoms with Crippen LogP contribution in [0.5, 0.6) is 5.75 Å². The molecule has 0 aliphatic heterocycles. The van der Waals surface area contributed by atoms with Gasteiger partial charge in [-0.1, -0.05) is 58.4 Å². The van der Waals surface area contributed by atoms with Gasteiger partial charge in [-0.15, -0.1) is 0 Å². The van der Waals surface area contributed by atoms with Crippen LogP contribution in [0.4, 0.5) is 0 Å². The number of benzene rings is 2. The maximum atomic E-state index is 12.4. The highest BCUT2D eigenvalue weighted by Crippen LogP contribution is 2.27. The quantitative estimate of drug-likeness (QED) is 0.634. The number of hydrogen-bond donors (Lipinski definition) is 0. The minimum atomic E-state index is -0.0183. The van der Waals surface area contributed by atoms with Crippen LogP contribution in [0.3, 0.4) is 0 Å². The molecule has 0 aromatic heterocycles. The van der Waals surface area contributed by atoms with E-state index in [0.29, 0.717) is 22.2 Å². The molecule has 2 aromatic rings. The molecule has 2 rings (SSSR count). The lowest BCUT2D eigenvalue weighted by Gasteiger charge is -2.11. The Morgan fingerprint density at radius 3 is 2.44 bits per heavy atom. The lowest BCUT2D eigenvalue weighted by Crippen LogP contribution is -2.05. The van der Waals surface area contributed by atoms with E-state index in [4.69, 9.17) is 4.74 Å². The molecule has 0 radical (unpaired) electrons. The van der Waals surface area contributed by atoms with Gasteiger partial charge in [-0.3, -0.25) is 4.79 Å². The summed E-state index contributed by atoms with van der Waals surface area (Å²) in [6, 6.07) is 14.8. The molecule has 0 heterocycles. The molecule has 0 bridgehead atoms. The molecule has 0 aliphatic rings. The van der Waals surface area contributed by atoms with E-state index < -0.39 is 0 Å². The van der Waals surface area contributed by atoms with Crippen LogP contribution in [0.15, 0.2) is 48.5 Å². The van der Waals surface area contributed by atoms with E-state index >= 15 is 0 Å². The maximum Gasteiger partial charge on any atom is 0.196 e. The molecule has 0 aliphatic carbocycles. The second-order valence-corrected chi connectivity index (χ2v) is 4.39. The Kier molecular flexibility index (Phi) is 4.15. The van der Waals surface area contributed by atoms with Gasteiger partial charge in [0, 0.05) is 16.5 Å². The first kappa shape index (κ1) is 12.8. The molecule has 18 heavy (non-hydrogen) atoms. The Labute approximate surface area is 115 Å². The largest absolute Gasteiger partial charge is 0.496 e. The van der Waals surface area contributed by atoms with E-state index in [1.807, 2.05) is 42.5 Å². The predicted molar refractivity (Wildman–Crippen MR) is 75.5 cm³/mol. The summed E-state index contributed by atoms with van der Waals surface area (Å²) in [5.74, 6) is 0.624. The van der Waals surface area contributed by atoms with E-state index in [0.717, 1.165) is 5.56 Å². The molecular weight excluding hydrogens is 292 g/mol. The number of carbonyl (C=O) groups is 1. The second kappa shape index (κ2) is 5.83. The third-order valence-corrected chi connectivity index (χ3v) is 3.33. The van der Waals surface area contributed by atoms with Crippen molar-refractivity contribution in [1.29, 1.82) is 0 Å². The third kappa shape index (κ3) is 2.46. The topological polar surface area (TPSA) is 26.3 Å². The molecule has 2 aromatic carbocycles. The lowest BCUT2D eigenvalue weighted by molar-refractivity contribution is 0.103. The van der Waals surface area contributed by atoms with Crippen LogP contribution < -0.4 is 4.74 Å². The zero-order valence-electron chi connectivity index (χ0n) is 10.0. The molecule has 0 fully saturated rings. The molecule has 0 saturated carbocycles. The molecule has 0 atom stereocenters. The van der Waals surface area contributed by atoms with Gasteiger partial charge in [0.05, 0.1) is 12.7 Å². The first-order valence-electron chi connectivity index (χ1n) is 5.59. The zero-order chi connectivity index (χ0) is 13.0. The van der Waals surface area contributed by atoms with Crippen molar-refractivity contribution in [2.45, 2.75) is 5.33 Å². The minimum Gasteiger partial charge on any atom is -0.496 e. The van der Waals surface area contributed by atoms with Gasteiger partial charge >= 0.3 is 0 Å². The van der Waals surface area contributed by atoms with Crippen LogP contribution in [0.1, 0.15) is 21.5 Å². The Hall–Kier alpha value is -1.61. The van der Waals surface area contributed by atoms with Gasteiger partial charge in [0.15, 0.2) is 5.78 Å². The fourth-order valence-electron chi connectivity index (χ4n) is 1.85. The van der Waals surface area contributed by atoms with Crippen molar-refractivity contribution in [2.75, 3.05) is 7.11 Å². The number of halogens is 1. The van der Waals surface area contributed by atoms with E-state index in [2.05, 4.69) is 15.9 Å². The molecule has 0 spiro atoms.